The van der Waals surface area contributed by atoms with E-state index < -0.39 is 5.97 Å². The smallest absolute Gasteiger partial charge is 0.353 e. The van der Waals surface area contributed by atoms with Crippen molar-refractivity contribution >= 4 is 29.4 Å². The Morgan fingerprint density at radius 3 is 2.57 bits per heavy atom. The molecule has 0 fully saturated rings. The first-order chi connectivity index (χ1) is 14.5. The number of hydrazone groups is 1. The number of carbonyl (C=O) groups is 2. The molecule has 0 spiro atoms. The highest BCUT2D eigenvalue weighted by molar-refractivity contribution is 7.12. The van der Waals surface area contributed by atoms with E-state index in [1.54, 1.807) is 36.4 Å². The Morgan fingerprint density at radius 2 is 1.87 bits per heavy atom. The molecular formula is C23H22N2O4S. The van der Waals surface area contributed by atoms with E-state index in [1.165, 1.54) is 23.1 Å². The second-order valence-corrected chi connectivity index (χ2v) is 7.69. The van der Waals surface area contributed by atoms with E-state index in [0.29, 0.717) is 27.9 Å². The van der Waals surface area contributed by atoms with Gasteiger partial charge in [0.25, 0.3) is 5.91 Å². The van der Waals surface area contributed by atoms with Crippen molar-refractivity contribution < 1.29 is 19.1 Å². The van der Waals surface area contributed by atoms with Gasteiger partial charge in [0.05, 0.1) is 6.21 Å². The Morgan fingerprint density at radius 1 is 1.07 bits per heavy atom. The van der Waals surface area contributed by atoms with Crippen molar-refractivity contribution in [3.8, 4) is 11.5 Å². The average Bonchev–Trinajstić information content (AvgIpc) is 3.28. The molecule has 154 valence electrons. The van der Waals surface area contributed by atoms with Gasteiger partial charge in [-0.25, -0.2) is 10.2 Å². The van der Waals surface area contributed by atoms with Crippen molar-refractivity contribution in [2.24, 2.45) is 5.10 Å². The van der Waals surface area contributed by atoms with Gasteiger partial charge in [-0.15, -0.1) is 11.3 Å². The van der Waals surface area contributed by atoms with E-state index in [4.69, 9.17) is 9.47 Å². The Labute approximate surface area is 179 Å². The first kappa shape index (κ1) is 21.3. The summed E-state index contributed by atoms with van der Waals surface area (Å²) in [4.78, 5) is 24.4. The fraction of sp³-hybridized carbons (Fsp3) is 0.174. The summed E-state index contributed by atoms with van der Waals surface area (Å²) >= 11 is 1.32. The number of esters is 1. The maximum absolute atomic E-state index is 12.0. The van der Waals surface area contributed by atoms with E-state index in [2.05, 4.69) is 24.4 Å². The molecule has 1 amide bonds. The summed E-state index contributed by atoms with van der Waals surface area (Å²) in [6, 6.07) is 18.0. The topological polar surface area (TPSA) is 77.0 Å². The van der Waals surface area contributed by atoms with E-state index in [9.17, 15) is 9.59 Å². The molecule has 0 aliphatic carbocycles. The van der Waals surface area contributed by atoms with Crippen LogP contribution < -0.4 is 14.9 Å². The maximum atomic E-state index is 12.0. The van der Waals surface area contributed by atoms with Crippen LogP contribution >= 0.6 is 11.3 Å². The molecule has 1 aromatic heterocycles. The molecule has 2 aromatic carbocycles. The summed E-state index contributed by atoms with van der Waals surface area (Å²) < 4.78 is 10.8. The van der Waals surface area contributed by atoms with Crippen LogP contribution in [0.25, 0.3) is 0 Å². The summed E-state index contributed by atoms with van der Waals surface area (Å²) in [5, 5.41) is 5.73. The van der Waals surface area contributed by atoms with Gasteiger partial charge in [-0.1, -0.05) is 44.2 Å². The van der Waals surface area contributed by atoms with Crippen molar-refractivity contribution in [1.29, 1.82) is 0 Å². The molecule has 3 rings (SSSR count). The van der Waals surface area contributed by atoms with Crippen LogP contribution in [0.5, 0.6) is 11.5 Å². The number of rotatable bonds is 8. The third kappa shape index (κ3) is 6.28. The highest BCUT2D eigenvalue weighted by Crippen LogP contribution is 2.19. The number of ether oxygens (including phenoxy) is 2. The second kappa shape index (κ2) is 10.4. The molecule has 3 aromatic rings. The highest BCUT2D eigenvalue weighted by atomic mass is 32.1. The molecule has 7 heteroatoms. The van der Waals surface area contributed by atoms with Crippen LogP contribution in [0.15, 0.2) is 71.1 Å². The quantitative estimate of drug-likeness (QED) is 0.249. The predicted octanol–water partition coefficient (Wildman–Crippen LogP) is 4.62. The number of nitrogens with zero attached hydrogens (tertiary/aromatic N) is 1. The van der Waals surface area contributed by atoms with Gasteiger partial charge in [-0.05, 0) is 52.8 Å². The van der Waals surface area contributed by atoms with Crippen molar-refractivity contribution in [3.05, 3.63) is 82.0 Å². The van der Waals surface area contributed by atoms with Gasteiger partial charge in [0, 0.05) is 0 Å². The lowest BCUT2D eigenvalue weighted by atomic mass is 10.0. The molecule has 0 saturated carbocycles. The van der Waals surface area contributed by atoms with Crippen LogP contribution in [-0.2, 0) is 4.79 Å². The molecule has 0 saturated heterocycles. The predicted molar refractivity (Wildman–Crippen MR) is 117 cm³/mol. The van der Waals surface area contributed by atoms with Crippen LogP contribution in [0.3, 0.4) is 0 Å². The van der Waals surface area contributed by atoms with Crippen LogP contribution in [-0.4, -0.2) is 24.7 Å². The number of benzene rings is 2. The van der Waals surface area contributed by atoms with Gasteiger partial charge in [0.2, 0.25) is 0 Å². The minimum absolute atomic E-state index is 0.142. The molecule has 0 radical (unpaired) electrons. The second-order valence-electron chi connectivity index (χ2n) is 6.74. The van der Waals surface area contributed by atoms with E-state index in [0.717, 1.165) is 0 Å². The minimum Gasteiger partial charge on any atom is -0.484 e. The Kier molecular flexibility index (Phi) is 7.34. The van der Waals surface area contributed by atoms with E-state index in [-0.39, 0.29) is 12.5 Å². The van der Waals surface area contributed by atoms with Crippen LogP contribution in [0, 0.1) is 0 Å². The number of hydrogen-bond donors (Lipinski definition) is 1. The fourth-order valence-corrected chi connectivity index (χ4v) is 3.12. The highest BCUT2D eigenvalue weighted by Gasteiger charge is 2.09. The normalized spacial score (nSPS) is 10.9. The number of hydrogen-bond acceptors (Lipinski definition) is 6. The van der Waals surface area contributed by atoms with E-state index >= 15 is 0 Å². The number of carbonyl (C=O) groups excluding carboxylic acids is 2. The fourth-order valence-electron chi connectivity index (χ4n) is 2.52. The standard InChI is InChI=1S/C23H22N2O4S/c1-16(2)18-8-10-19(11-9-18)28-15-22(26)25-24-14-17-5-3-6-20(13-17)29-23(27)21-7-4-12-30-21/h3-14,16H,15H2,1-2H3,(H,25,26)/b24-14+. The molecule has 0 aliphatic heterocycles. The molecule has 0 bridgehead atoms. The summed E-state index contributed by atoms with van der Waals surface area (Å²) in [7, 11) is 0. The summed E-state index contributed by atoms with van der Waals surface area (Å²) in [6.07, 6.45) is 1.47. The molecule has 0 aliphatic rings. The molecule has 6 nitrogen and oxygen atoms in total. The van der Waals surface area contributed by atoms with Gasteiger partial charge in [0.1, 0.15) is 16.4 Å². The number of thiophene rings is 1. The molecule has 1 heterocycles. The van der Waals surface area contributed by atoms with Gasteiger partial charge in [0.15, 0.2) is 6.61 Å². The average molecular weight is 423 g/mol. The first-order valence-corrected chi connectivity index (χ1v) is 10.3. The van der Waals surface area contributed by atoms with E-state index in [1.807, 2.05) is 29.6 Å². The zero-order valence-corrected chi connectivity index (χ0v) is 17.5. The molecule has 1 N–H and O–H groups in total. The summed E-state index contributed by atoms with van der Waals surface area (Å²) in [6.45, 7) is 4.09. The van der Waals surface area contributed by atoms with Gasteiger partial charge < -0.3 is 9.47 Å². The first-order valence-electron chi connectivity index (χ1n) is 9.41. The molecule has 0 unspecified atom stereocenters. The minimum atomic E-state index is -0.411. The monoisotopic (exact) mass is 422 g/mol. The van der Waals surface area contributed by atoms with Crippen molar-refractivity contribution in [1.82, 2.24) is 5.43 Å². The molecular weight excluding hydrogens is 400 g/mol. The lowest BCUT2D eigenvalue weighted by Crippen LogP contribution is -2.24. The lowest BCUT2D eigenvalue weighted by molar-refractivity contribution is -0.123. The number of amides is 1. The van der Waals surface area contributed by atoms with Gasteiger partial charge in [-0.3, -0.25) is 4.79 Å². The van der Waals surface area contributed by atoms with Gasteiger partial charge in [-0.2, -0.15) is 5.10 Å². The molecule has 30 heavy (non-hydrogen) atoms. The summed E-state index contributed by atoms with van der Waals surface area (Å²) in [5.74, 6) is 0.676. The van der Waals surface area contributed by atoms with Crippen molar-refractivity contribution in [3.63, 3.8) is 0 Å². The zero-order valence-electron chi connectivity index (χ0n) is 16.7. The van der Waals surface area contributed by atoms with Crippen LogP contribution in [0.1, 0.15) is 40.6 Å². The van der Waals surface area contributed by atoms with Crippen LogP contribution in [0.4, 0.5) is 0 Å². The maximum Gasteiger partial charge on any atom is 0.353 e. The Hall–Kier alpha value is -3.45. The lowest BCUT2D eigenvalue weighted by Gasteiger charge is -2.08. The largest absolute Gasteiger partial charge is 0.484 e. The van der Waals surface area contributed by atoms with Gasteiger partial charge >= 0.3 is 5.97 Å². The number of nitrogens with one attached hydrogen (secondary N) is 1. The third-order valence-electron chi connectivity index (χ3n) is 4.11. The third-order valence-corrected chi connectivity index (χ3v) is 4.96. The van der Waals surface area contributed by atoms with Crippen molar-refractivity contribution in [2.45, 2.75) is 19.8 Å². The van der Waals surface area contributed by atoms with Crippen LogP contribution in [0.2, 0.25) is 0 Å². The Balaban J connectivity index is 1.47. The SMILES string of the molecule is CC(C)c1ccc(OCC(=O)N/N=C/c2cccc(OC(=O)c3cccs3)c2)cc1. The molecule has 0 atom stereocenters. The summed E-state index contributed by atoms with van der Waals surface area (Å²) in [5.41, 5.74) is 4.30. The Bertz CT molecular complexity index is 1010. The van der Waals surface area contributed by atoms with Crippen molar-refractivity contribution in [2.75, 3.05) is 6.61 Å². The zero-order chi connectivity index (χ0) is 21.3.